The quantitative estimate of drug-likeness (QED) is 0.676. The molecular formula is C20H24N2O4. The molecule has 138 valence electrons. The molecule has 0 bridgehead atoms. The SMILES string of the molecule is COc1cc(OC)cc(-c2nc3cc(CC[C@@](C)(N)CO)ccc3o2)c1. The Labute approximate surface area is 152 Å². The average molecular weight is 356 g/mol. The molecule has 1 heterocycles. The molecule has 3 rings (SSSR count). The Balaban J connectivity index is 1.90. The minimum atomic E-state index is -0.582. The molecule has 0 aliphatic carbocycles. The number of aromatic nitrogens is 1. The van der Waals surface area contributed by atoms with Crippen molar-refractivity contribution >= 4 is 11.1 Å². The summed E-state index contributed by atoms with van der Waals surface area (Å²) in [5.41, 5.74) is 8.80. The highest BCUT2D eigenvalue weighted by Gasteiger charge is 2.17. The Bertz CT molecular complexity index is 880. The Morgan fingerprint density at radius 3 is 2.42 bits per heavy atom. The molecule has 1 aromatic heterocycles. The molecule has 0 fully saturated rings. The molecule has 0 amide bonds. The fraction of sp³-hybridized carbons (Fsp3) is 0.350. The van der Waals surface area contributed by atoms with Crippen molar-refractivity contribution in [1.82, 2.24) is 4.98 Å². The second-order valence-corrected chi connectivity index (χ2v) is 6.73. The Morgan fingerprint density at radius 2 is 1.81 bits per heavy atom. The van der Waals surface area contributed by atoms with E-state index in [9.17, 15) is 5.11 Å². The van der Waals surface area contributed by atoms with Crippen LogP contribution in [0.25, 0.3) is 22.6 Å². The zero-order valence-electron chi connectivity index (χ0n) is 15.3. The first-order valence-electron chi connectivity index (χ1n) is 8.47. The van der Waals surface area contributed by atoms with E-state index in [1.54, 1.807) is 20.3 Å². The molecule has 0 unspecified atom stereocenters. The van der Waals surface area contributed by atoms with Gasteiger partial charge in [0.15, 0.2) is 5.58 Å². The van der Waals surface area contributed by atoms with Crippen molar-refractivity contribution in [3.63, 3.8) is 0 Å². The second kappa shape index (κ2) is 7.35. The summed E-state index contributed by atoms with van der Waals surface area (Å²) in [6.45, 7) is 1.80. The predicted octanol–water partition coefficient (Wildman–Crippen LogP) is 3.15. The molecule has 26 heavy (non-hydrogen) atoms. The Kier molecular flexibility index (Phi) is 5.15. The van der Waals surface area contributed by atoms with Crippen molar-refractivity contribution in [2.24, 2.45) is 5.73 Å². The molecule has 6 nitrogen and oxygen atoms in total. The van der Waals surface area contributed by atoms with Crippen molar-refractivity contribution in [3.8, 4) is 23.0 Å². The van der Waals surface area contributed by atoms with E-state index in [0.717, 1.165) is 23.1 Å². The van der Waals surface area contributed by atoms with Gasteiger partial charge >= 0.3 is 0 Å². The molecule has 0 spiro atoms. The summed E-state index contributed by atoms with van der Waals surface area (Å²) < 4.78 is 16.5. The maximum Gasteiger partial charge on any atom is 0.227 e. The lowest BCUT2D eigenvalue weighted by atomic mass is 9.95. The number of hydrogen-bond acceptors (Lipinski definition) is 6. The van der Waals surface area contributed by atoms with E-state index in [-0.39, 0.29) is 6.61 Å². The van der Waals surface area contributed by atoms with Crippen LogP contribution in [0, 0.1) is 0 Å². The minimum absolute atomic E-state index is 0.0406. The van der Waals surface area contributed by atoms with Crippen LogP contribution < -0.4 is 15.2 Å². The molecule has 1 atom stereocenters. The van der Waals surface area contributed by atoms with Gasteiger partial charge in [-0.2, -0.15) is 0 Å². The van der Waals surface area contributed by atoms with Gasteiger partial charge < -0.3 is 24.7 Å². The largest absolute Gasteiger partial charge is 0.497 e. The molecule has 3 N–H and O–H groups in total. The first-order valence-corrected chi connectivity index (χ1v) is 8.47. The Hall–Kier alpha value is -2.57. The molecule has 0 saturated heterocycles. The van der Waals surface area contributed by atoms with Gasteiger partial charge in [-0.15, -0.1) is 0 Å². The standard InChI is InChI=1S/C20H24N2O4/c1-20(21,12-23)7-6-13-4-5-18-17(8-13)22-19(26-18)14-9-15(24-2)11-16(10-14)25-3/h4-5,8-11,23H,6-7,12,21H2,1-3H3/t20-/m1/s1. The highest BCUT2D eigenvalue weighted by molar-refractivity contribution is 5.77. The summed E-state index contributed by atoms with van der Waals surface area (Å²) in [6.07, 6.45) is 1.45. The first-order chi connectivity index (χ1) is 12.4. The van der Waals surface area contributed by atoms with E-state index >= 15 is 0 Å². The van der Waals surface area contributed by atoms with Gasteiger partial charge in [0.05, 0.1) is 20.8 Å². The topological polar surface area (TPSA) is 90.7 Å². The van der Waals surface area contributed by atoms with Crippen LogP contribution in [-0.2, 0) is 6.42 Å². The van der Waals surface area contributed by atoms with Gasteiger partial charge in [0.1, 0.15) is 17.0 Å². The fourth-order valence-corrected chi connectivity index (χ4v) is 2.69. The molecule has 2 aromatic carbocycles. The predicted molar refractivity (Wildman–Crippen MR) is 101 cm³/mol. The molecule has 0 saturated carbocycles. The molecule has 6 heteroatoms. The third-order valence-electron chi connectivity index (χ3n) is 4.40. The van der Waals surface area contributed by atoms with Crippen LogP contribution in [0.3, 0.4) is 0 Å². The number of methoxy groups -OCH3 is 2. The van der Waals surface area contributed by atoms with Crippen molar-refractivity contribution in [2.45, 2.75) is 25.3 Å². The number of hydrogen-bond donors (Lipinski definition) is 2. The van der Waals surface area contributed by atoms with Crippen LogP contribution in [0.1, 0.15) is 18.9 Å². The molecule has 0 aliphatic rings. The van der Waals surface area contributed by atoms with Gasteiger partial charge in [-0.05, 0) is 49.6 Å². The molecular weight excluding hydrogens is 332 g/mol. The van der Waals surface area contributed by atoms with Gasteiger partial charge in [-0.1, -0.05) is 6.07 Å². The number of rotatable bonds is 7. The van der Waals surface area contributed by atoms with Crippen LogP contribution in [0.15, 0.2) is 40.8 Å². The second-order valence-electron chi connectivity index (χ2n) is 6.73. The monoisotopic (exact) mass is 356 g/mol. The van der Waals surface area contributed by atoms with E-state index in [4.69, 9.17) is 19.6 Å². The number of aliphatic hydroxyl groups is 1. The lowest BCUT2D eigenvalue weighted by Gasteiger charge is -2.21. The van der Waals surface area contributed by atoms with Crippen LogP contribution in [-0.4, -0.2) is 36.5 Å². The van der Waals surface area contributed by atoms with E-state index in [2.05, 4.69) is 4.98 Å². The third kappa shape index (κ3) is 3.98. The van der Waals surface area contributed by atoms with Crippen molar-refractivity contribution in [2.75, 3.05) is 20.8 Å². The van der Waals surface area contributed by atoms with Crippen LogP contribution in [0.2, 0.25) is 0 Å². The number of aliphatic hydroxyl groups excluding tert-OH is 1. The number of fused-ring (bicyclic) bond motifs is 1. The van der Waals surface area contributed by atoms with Crippen molar-refractivity contribution < 1.29 is 19.0 Å². The zero-order valence-corrected chi connectivity index (χ0v) is 15.3. The van der Waals surface area contributed by atoms with Gasteiger partial charge in [0, 0.05) is 17.2 Å². The number of ether oxygens (including phenoxy) is 2. The fourth-order valence-electron chi connectivity index (χ4n) is 2.69. The first kappa shape index (κ1) is 18.2. The summed E-state index contributed by atoms with van der Waals surface area (Å²) in [4.78, 5) is 4.60. The zero-order chi connectivity index (χ0) is 18.7. The van der Waals surface area contributed by atoms with Gasteiger partial charge in [0.2, 0.25) is 5.89 Å². The van der Waals surface area contributed by atoms with Crippen molar-refractivity contribution in [3.05, 3.63) is 42.0 Å². The van der Waals surface area contributed by atoms with E-state index in [1.165, 1.54) is 0 Å². The van der Waals surface area contributed by atoms with E-state index < -0.39 is 5.54 Å². The highest BCUT2D eigenvalue weighted by atomic mass is 16.5. The van der Waals surface area contributed by atoms with Crippen LogP contribution in [0.4, 0.5) is 0 Å². The summed E-state index contributed by atoms with van der Waals surface area (Å²) >= 11 is 0. The maximum atomic E-state index is 9.29. The van der Waals surface area contributed by atoms with Crippen LogP contribution in [0.5, 0.6) is 11.5 Å². The summed E-state index contributed by atoms with van der Waals surface area (Å²) in [5, 5.41) is 9.29. The number of oxazole rings is 1. The lowest BCUT2D eigenvalue weighted by molar-refractivity contribution is 0.200. The lowest BCUT2D eigenvalue weighted by Crippen LogP contribution is -2.40. The van der Waals surface area contributed by atoms with Gasteiger partial charge in [0.25, 0.3) is 0 Å². The third-order valence-corrected chi connectivity index (χ3v) is 4.40. The average Bonchev–Trinajstić information content (AvgIpc) is 3.09. The van der Waals surface area contributed by atoms with Gasteiger partial charge in [-0.25, -0.2) is 4.98 Å². The minimum Gasteiger partial charge on any atom is -0.497 e. The number of nitrogens with zero attached hydrogens (tertiary/aromatic N) is 1. The van der Waals surface area contributed by atoms with E-state index in [1.807, 2.05) is 37.3 Å². The van der Waals surface area contributed by atoms with Crippen LogP contribution >= 0.6 is 0 Å². The summed E-state index contributed by atoms with van der Waals surface area (Å²) in [5.74, 6) is 1.86. The molecule has 0 aliphatic heterocycles. The number of benzene rings is 2. The molecule has 0 radical (unpaired) electrons. The van der Waals surface area contributed by atoms with Gasteiger partial charge in [-0.3, -0.25) is 0 Å². The molecule has 3 aromatic rings. The normalized spacial score (nSPS) is 13.6. The highest BCUT2D eigenvalue weighted by Crippen LogP contribution is 2.31. The number of nitrogens with two attached hydrogens (primary N) is 1. The summed E-state index contributed by atoms with van der Waals surface area (Å²) in [7, 11) is 3.21. The summed E-state index contributed by atoms with van der Waals surface area (Å²) in [6, 6.07) is 11.4. The van der Waals surface area contributed by atoms with E-state index in [0.29, 0.717) is 29.4 Å². The maximum absolute atomic E-state index is 9.29. The smallest absolute Gasteiger partial charge is 0.227 e. The van der Waals surface area contributed by atoms with Crippen molar-refractivity contribution in [1.29, 1.82) is 0 Å². The Morgan fingerprint density at radius 1 is 1.12 bits per heavy atom. The number of aryl methyl sites for hydroxylation is 1.